The lowest BCUT2D eigenvalue weighted by atomic mass is 9.86. The van der Waals surface area contributed by atoms with Gasteiger partial charge >= 0.3 is 12.1 Å². The Bertz CT molecular complexity index is 337. The van der Waals surface area contributed by atoms with Crippen molar-refractivity contribution < 1.29 is 19.4 Å². The molecule has 5 heteroatoms. The van der Waals surface area contributed by atoms with Crippen molar-refractivity contribution in [1.29, 1.82) is 0 Å². The molecule has 0 saturated heterocycles. The van der Waals surface area contributed by atoms with Crippen molar-refractivity contribution in [2.75, 3.05) is 0 Å². The van der Waals surface area contributed by atoms with Crippen molar-refractivity contribution in [2.45, 2.75) is 97.1 Å². The van der Waals surface area contributed by atoms with Crippen molar-refractivity contribution in [3.05, 3.63) is 0 Å². The average Bonchev–Trinajstić information content (AvgIpc) is 2.36. The first kappa shape index (κ1) is 20.7. The summed E-state index contributed by atoms with van der Waals surface area (Å²) in [6.07, 6.45) is 5.74. The maximum Gasteiger partial charge on any atom is 0.408 e. The minimum absolute atomic E-state index is 0.444. The first-order valence-corrected chi connectivity index (χ1v) is 8.41. The predicted molar refractivity (Wildman–Crippen MR) is 88.0 cm³/mol. The Kier molecular flexibility index (Phi) is 9.14. The van der Waals surface area contributed by atoms with Gasteiger partial charge in [0.1, 0.15) is 11.1 Å². The van der Waals surface area contributed by atoms with Crippen molar-refractivity contribution >= 4 is 12.1 Å². The number of hydrogen-bond donors (Lipinski definition) is 2. The van der Waals surface area contributed by atoms with Crippen LogP contribution in [0.3, 0.4) is 0 Å². The molecule has 0 heterocycles. The van der Waals surface area contributed by atoms with E-state index in [1.54, 1.807) is 20.8 Å². The van der Waals surface area contributed by atoms with Crippen molar-refractivity contribution in [1.82, 2.24) is 5.32 Å². The van der Waals surface area contributed by atoms with Crippen LogP contribution in [-0.2, 0) is 9.53 Å². The number of aliphatic carboxylic acids is 1. The summed E-state index contributed by atoms with van der Waals surface area (Å²) < 4.78 is 5.24. The summed E-state index contributed by atoms with van der Waals surface area (Å²) in [6, 6.07) is 0. The minimum Gasteiger partial charge on any atom is -0.480 e. The molecule has 0 spiro atoms. The molecule has 0 aromatic carbocycles. The van der Waals surface area contributed by atoms with Gasteiger partial charge in [-0.25, -0.2) is 9.59 Å². The molecule has 0 unspecified atom stereocenters. The van der Waals surface area contributed by atoms with E-state index in [-0.39, 0.29) is 0 Å². The molecule has 0 atom stereocenters. The zero-order valence-corrected chi connectivity index (χ0v) is 14.8. The molecule has 130 valence electrons. The molecule has 1 amide bonds. The van der Waals surface area contributed by atoms with Gasteiger partial charge in [0.25, 0.3) is 0 Å². The Labute approximate surface area is 134 Å². The van der Waals surface area contributed by atoms with Crippen LogP contribution < -0.4 is 5.32 Å². The van der Waals surface area contributed by atoms with Crippen molar-refractivity contribution in [2.24, 2.45) is 0 Å². The number of carbonyl (C=O) groups is 2. The van der Waals surface area contributed by atoms with E-state index in [2.05, 4.69) is 19.2 Å². The van der Waals surface area contributed by atoms with Crippen LogP contribution in [0, 0.1) is 0 Å². The third kappa shape index (κ3) is 8.25. The normalized spacial score (nSPS) is 12.0. The SMILES string of the molecule is CCCCCC(CCCCC)(NC(=O)OC(C)(C)C)C(=O)O. The minimum atomic E-state index is -1.22. The van der Waals surface area contributed by atoms with E-state index in [0.29, 0.717) is 12.8 Å². The van der Waals surface area contributed by atoms with Crippen LogP contribution in [0.2, 0.25) is 0 Å². The lowest BCUT2D eigenvalue weighted by molar-refractivity contribution is -0.145. The van der Waals surface area contributed by atoms with Crippen LogP contribution in [-0.4, -0.2) is 28.3 Å². The number of carboxylic acids is 1. The maximum absolute atomic E-state index is 12.0. The van der Waals surface area contributed by atoms with Gasteiger partial charge in [-0.2, -0.15) is 0 Å². The number of alkyl carbamates (subject to hydrolysis) is 1. The largest absolute Gasteiger partial charge is 0.480 e. The molecule has 2 N–H and O–H groups in total. The number of carboxylic acid groups (broad SMARTS) is 1. The Balaban J connectivity index is 4.99. The predicted octanol–water partition coefficient (Wildman–Crippen LogP) is 4.50. The molecular weight excluding hydrogens is 282 g/mol. The molecule has 0 bridgehead atoms. The monoisotopic (exact) mass is 315 g/mol. The highest BCUT2D eigenvalue weighted by atomic mass is 16.6. The van der Waals surface area contributed by atoms with Gasteiger partial charge in [0.05, 0.1) is 0 Å². The third-order valence-corrected chi connectivity index (χ3v) is 3.56. The highest BCUT2D eigenvalue weighted by Gasteiger charge is 2.40. The van der Waals surface area contributed by atoms with Gasteiger partial charge in [-0.3, -0.25) is 0 Å². The summed E-state index contributed by atoms with van der Waals surface area (Å²) in [7, 11) is 0. The zero-order chi connectivity index (χ0) is 17.2. The lowest BCUT2D eigenvalue weighted by Gasteiger charge is -2.32. The first-order valence-electron chi connectivity index (χ1n) is 8.41. The Morgan fingerprint density at radius 2 is 1.41 bits per heavy atom. The van der Waals surface area contributed by atoms with Gasteiger partial charge in [-0.1, -0.05) is 52.4 Å². The summed E-state index contributed by atoms with van der Waals surface area (Å²) in [6.45, 7) is 9.44. The summed E-state index contributed by atoms with van der Waals surface area (Å²) in [5, 5.41) is 12.3. The number of rotatable bonds is 10. The van der Waals surface area contributed by atoms with Crippen molar-refractivity contribution in [3.8, 4) is 0 Å². The quantitative estimate of drug-likeness (QED) is 0.582. The van der Waals surface area contributed by atoms with Crippen LogP contribution in [0.15, 0.2) is 0 Å². The van der Waals surface area contributed by atoms with Gasteiger partial charge in [-0.05, 0) is 33.6 Å². The fourth-order valence-electron chi connectivity index (χ4n) is 2.37. The molecule has 0 rings (SSSR count). The summed E-state index contributed by atoms with van der Waals surface area (Å²) >= 11 is 0. The number of amides is 1. The average molecular weight is 315 g/mol. The van der Waals surface area contributed by atoms with Gasteiger partial charge in [0.15, 0.2) is 0 Å². The second-order valence-corrected chi connectivity index (χ2v) is 6.93. The number of carbonyl (C=O) groups excluding carboxylic acids is 1. The number of unbranched alkanes of at least 4 members (excludes halogenated alkanes) is 4. The summed E-state index contributed by atoms with van der Waals surface area (Å²) in [5.41, 5.74) is -1.85. The second kappa shape index (κ2) is 9.70. The van der Waals surface area contributed by atoms with E-state index in [1.165, 1.54) is 0 Å². The van der Waals surface area contributed by atoms with E-state index in [9.17, 15) is 14.7 Å². The Morgan fingerprint density at radius 3 is 1.73 bits per heavy atom. The number of hydrogen-bond acceptors (Lipinski definition) is 3. The van der Waals surface area contributed by atoms with E-state index in [4.69, 9.17) is 4.74 Å². The maximum atomic E-state index is 12.0. The first-order chi connectivity index (χ1) is 10.2. The van der Waals surface area contributed by atoms with E-state index < -0.39 is 23.2 Å². The molecule has 0 aliphatic heterocycles. The van der Waals surface area contributed by atoms with Crippen molar-refractivity contribution in [3.63, 3.8) is 0 Å². The standard InChI is InChI=1S/C17H33NO4/c1-6-8-10-12-17(14(19)20,13-11-9-7-2)18-15(21)22-16(3,4)5/h6-13H2,1-5H3,(H,18,21)(H,19,20). The van der Waals surface area contributed by atoms with Crippen LogP contribution >= 0.6 is 0 Å². The van der Waals surface area contributed by atoms with E-state index in [1.807, 2.05) is 0 Å². The molecule has 5 nitrogen and oxygen atoms in total. The molecule has 0 aliphatic carbocycles. The fraction of sp³-hybridized carbons (Fsp3) is 0.882. The lowest BCUT2D eigenvalue weighted by Crippen LogP contribution is -2.55. The van der Waals surface area contributed by atoms with Crippen LogP contribution in [0.25, 0.3) is 0 Å². The van der Waals surface area contributed by atoms with E-state index in [0.717, 1.165) is 38.5 Å². The summed E-state index contributed by atoms with van der Waals surface area (Å²) in [4.78, 5) is 23.9. The Hall–Kier alpha value is -1.26. The molecule has 22 heavy (non-hydrogen) atoms. The molecule has 0 fully saturated rings. The van der Waals surface area contributed by atoms with E-state index >= 15 is 0 Å². The number of nitrogens with one attached hydrogen (secondary N) is 1. The molecule has 0 aliphatic rings. The van der Waals surface area contributed by atoms with Gasteiger partial charge in [-0.15, -0.1) is 0 Å². The van der Waals surface area contributed by atoms with Gasteiger partial charge in [0.2, 0.25) is 0 Å². The van der Waals surface area contributed by atoms with Gasteiger partial charge < -0.3 is 15.2 Å². The fourth-order valence-corrected chi connectivity index (χ4v) is 2.37. The number of ether oxygens (including phenoxy) is 1. The Morgan fingerprint density at radius 1 is 0.955 bits per heavy atom. The van der Waals surface area contributed by atoms with Crippen LogP contribution in [0.4, 0.5) is 4.79 Å². The van der Waals surface area contributed by atoms with Crippen LogP contribution in [0.5, 0.6) is 0 Å². The molecule has 0 saturated carbocycles. The highest BCUT2D eigenvalue weighted by Crippen LogP contribution is 2.24. The highest BCUT2D eigenvalue weighted by molar-refractivity contribution is 5.84. The summed E-state index contributed by atoms with van der Waals surface area (Å²) in [5.74, 6) is -0.967. The smallest absolute Gasteiger partial charge is 0.408 e. The van der Waals surface area contributed by atoms with Gasteiger partial charge in [0, 0.05) is 0 Å². The van der Waals surface area contributed by atoms with Crippen LogP contribution in [0.1, 0.15) is 86.0 Å². The topological polar surface area (TPSA) is 75.6 Å². The molecule has 0 aromatic rings. The third-order valence-electron chi connectivity index (χ3n) is 3.56. The zero-order valence-electron chi connectivity index (χ0n) is 14.8. The molecule has 0 aromatic heterocycles. The molecule has 0 radical (unpaired) electrons. The second-order valence-electron chi connectivity index (χ2n) is 6.93. The molecular formula is C17H33NO4.